The van der Waals surface area contributed by atoms with Crippen LogP contribution in [0, 0.1) is 0 Å². The molecule has 3 heterocycles. The largest absolute Gasteiger partial charge is 0.455 e. The number of para-hydroxylation sites is 1. The summed E-state index contributed by atoms with van der Waals surface area (Å²) in [4.78, 5) is 2.57. The summed E-state index contributed by atoms with van der Waals surface area (Å²) in [5.41, 5.74) is 12.1. The van der Waals surface area contributed by atoms with Crippen LogP contribution < -0.4 is 4.90 Å². The Morgan fingerprint density at radius 3 is 1.64 bits per heavy atom. The van der Waals surface area contributed by atoms with Crippen molar-refractivity contribution in [2.24, 2.45) is 0 Å². The van der Waals surface area contributed by atoms with Crippen molar-refractivity contribution >= 4 is 102 Å². The molecule has 0 N–H and O–H groups in total. The Balaban J connectivity index is 1.28. The molecule has 3 aromatic heterocycles. The van der Waals surface area contributed by atoms with E-state index in [1.54, 1.807) is 0 Å². The van der Waals surface area contributed by atoms with Gasteiger partial charge in [-0.3, -0.25) is 0 Å². The maximum absolute atomic E-state index is 7.02. The summed E-state index contributed by atoms with van der Waals surface area (Å²) < 4.78 is 12.1. The lowest BCUT2D eigenvalue weighted by Crippen LogP contribution is -2.12. The summed E-state index contributed by atoms with van der Waals surface area (Å²) >= 11 is 3.74. The third-order valence-electron chi connectivity index (χ3n) is 11.5. The molecule has 272 valence electrons. The molecule has 0 saturated heterocycles. The Morgan fingerprint density at radius 1 is 0.345 bits per heavy atom. The van der Waals surface area contributed by atoms with Crippen molar-refractivity contribution < 1.29 is 4.42 Å². The Morgan fingerprint density at radius 2 is 0.897 bits per heavy atom. The van der Waals surface area contributed by atoms with Gasteiger partial charge in [-0.25, -0.2) is 0 Å². The minimum atomic E-state index is 0.855. The molecular weight excluding hydrogens is 743 g/mol. The van der Waals surface area contributed by atoms with Crippen LogP contribution in [0.2, 0.25) is 0 Å². The number of thiophene rings is 2. The van der Waals surface area contributed by atoms with E-state index in [4.69, 9.17) is 4.42 Å². The fourth-order valence-electron chi connectivity index (χ4n) is 8.92. The van der Waals surface area contributed by atoms with Crippen LogP contribution in [0.3, 0.4) is 0 Å². The highest BCUT2D eigenvalue weighted by atomic mass is 32.1. The third kappa shape index (κ3) is 5.09. The van der Waals surface area contributed by atoms with Crippen LogP contribution in [0.5, 0.6) is 0 Å². The molecule has 0 radical (unpaired) electrons. The standard InChI is InChI=1S/C54H33NOS2/c1-4-16-34(17-5-1)37-31-33-46-50(43-26-14-24-38(52(43)56-46)35-18-6-2-7-19-35)51(37)55(45-27-15-25-41-40-22-10-12-28-47(40)57-53(41)45)44-32-30-39(36-20-8-3-9-21-36)54-49(44)42-23-11-13-29-48(42)58-54/h1-33H. The van der Waals surface area contributed by atoms with E-state index in [-0.39, 0.29) is 0 Å². The van der Waals surface area contributed by atoms with Gasteiger partial charge < -0.3 is 9.32 Å². The van der Waals surface area contributed by atoms with E-state index in [0.29, 0.717) is 0 Å². The molecule has 58 heavy (non-hydrogen) atoms. The molecule has 12 aromatic rings. The molecule has 12 rings (SSSR count). The van der Waals surface area contributed by atoms with Gasteiger partial charge in [0.2, 0.25) is 0 Å². The predicted molar refractivity (Wildman–Crippen MR) is 250 cm³/mol. The molecule has 0 unspecified atom stereocenters. The Hall–Kier alpha value is -6.98. The highest BCUT2D eigenvalue weighted by Gasteiger charge is 2.29. The Labute approximate surface area is 343 Å². The fraction of sp³-hybridized carbons (Fsp3) is 0. The number of anilines is 3. The second kappa shape index (κ2) is 13.3. The summed E-state index contributed by atoms with van der Waals surface area (Å²) in [6.07, 6.45) is 0. The first kappa shape index (κ1) is 33.2. The smallest absolute Gasteiger partial charge is 0.143 e. The van der Waals surface area contributed by atoms with Gasteiger partial charge in [-0.1, -0.05) is 164 Å². The van der Waals surface area contributed by atoms with E-state index in [0.717, 1.165) is 61.3 Å². The average molecular weight is 776 g/mol. The maximum atomic E-state index is 7.02. The second-order valence-corrected chi connectivity index (χ2v) is 16.8. The number of fused-ring (bicyclic) bond motifs is 9. The van der Waals surface area contributed by atoms with E-state index < -0.39 is 0 Å². The zero-order valence-electron chi connectivity index (χ0n) is 31.2. The van der Waals surface area contributed by atoms with Gasteiger partial charge in [0.1, 0.15) is 11.2 Å². The highest BCUT2D eigenvalue weighted by Crippen LogP contribution is 2.55. The molecule has 0 aliphatic carbocycles. The minimum absolute atomic E-state index is 0.855. The fourth-order valence-corrected chi connectivity index (χ4v) is 11.4. The summed E-state index contributed by atoms with van der Waals surface area (Å²) in [5.74, 6) is 0. The number of hydrogen-bond acceptors (Lipinski definition) is 4. The van der Waals surface area contributed by atoms with Crippen molar-refractivity contribution in [3.05, 3.63) is 200 Å². The SMILES string of the molecule is c1ccc(-c2ccc3oc4c(-c5ccccc5)cccc4c3c2N(c2cccc3c2sc2ccccc23)c2ccc(-c3ccccc3)c3sc4ccccc4c23)cc1. The molecule has 9 aromatic carbocycles. The van der Waals surface area contributed by atoms with Crippen LogP contribution in [0.15, 0.2) is 205 Å². The van der Waals surface area contributed by atoms with Crippen molar-refractivity contribution in [2.45, 2.75) is 0 Å². The summed E-state index contributed by atoms with van der Waals surface area (Å²) in [6.45, 7) is 0. The molecule has 0 spiro atoms. The first-order valence-electron chi connectivity index (χ1n) is 19.6. The van der Waals surface area contributed by atoms with Crippen LogP contribution in [0.25, 0.3) is 95.7 Å². The molecule has 0 atom stereocenters. The van der Waals surface area contributed by atoms with Gasteiger partial charge in [0.05, 0.1) is 27.1 Å². The normalized spacial score (nSPS) is 11.8. The molecule has 0 aliphatic rings. The van der Waals surface area contributed by atoms with Crippen molar-refractivity contribution in [2.75, 3.05) is 4.90 Å². The van der Waals surface area contributed by atoms with Gasteiger partial charge in [0.25, 0.3) is 0 Å². The van der Waals surface area contributed by atoms with E-state index in [1.807, 2.05) is 22.7 Å². The van der Waals surface area contributed by atoms with Crippen LogP contribution in [0.4, 0.5) is 17.1 Å². The maximum Gasteiger partial charge on any atom is 0.143 e. The van der Waals surface area contributed by atoms with Crippen LogP contribution in [-0.2, 0) is 0 Å². The lowest BCUT2D eigenvalue weighted by atomic mass is 9.95. The summed E-state index contributed by atoms with van der Waals surface area (Å²) in [7, 11) is 0. The lowest BCUT2D eigenvalue weighted by Gasteiger charge is -2.30. The molecule has 4 heteroatoms. The lowest BCUT2D eigenvalue weighted by molar-refractivity contribution is 0.670. The van der Waals surface area contributed by atoms with Crippen molar-refractivity contribution in [3.8, 4) is 33.4 Å². The zero-order valence-corrected chi connectivity index (χ0v) is 32.9. The molecule has 0 amide bonds. The van der Waals surface area contributed by atoms with E-state index in [1.165, 1.54) is 51.5 Å². The van der Waals surface area contributed by atoms with Crippen molar-refractivity contribution in [3.63, 3.8) is 0 Å². The minimum Gasteiger partial charge on any atom is -0.455 e. The second-order valence-electron chi connectivity index (χ2n) is 14.7. The van der Waals surface area contributed by atoms with Gasteiger partial charge in [-0.05, 0) is 58.7 Å². The average Bonchev–Trinajstić information content (AvgIpc) is 4.00. The van der Waals surface area contributed by atoms with Gasteiger partial charge in [0.15, 0.2) is 0 Å². The van der Waals surface area contributed by atoms with Crippen molar-refractivity contribution in [1.29, 1.82) is 0 Å². The Bertz CT molecular complexity index is 3510. The van der Waals surface area contributed by atoms with Gasteiger partial charge in [-0.2, -0.15) is 0 Å². The van der Waals surface area contributed by atoms with E-state index in [2.05, 4.69) is 205 Å². The quantitative estimate of drug-likeness (QED) is 0.167. The molecule has 0 aliphatic heterocycles. The zero-order chi connectivity index (χ0) is 38.2. The third-order valence-corrected chi connectivity index (χ3v) is 13.9. The molecule has 0 fully saturated rings. The van der Waals surface area contributed by atoms with E-state index >= 15 is 0 Å². The molecule has 0 saturated carbocycles. The number of nitrogens with zero attached hydrogens (tertiary/aromatic N) is 1. The van der Waals surface area contributed by atoms with Gasteiger partial charge in [0, 0.05) is 52.2 Å². The molecular formula is C54H33NOS2. The highest BCUT2D eigenvalue weighted by molar-refractivity contribution is 7.27. The van der Waals surface area contributed by atoms with Crippen LogP contribution in [0.1, 0.15) is 0 Å². The van der Waals surface area contributed by atoms with Crippen molar-refractivity contribution in [1.82, 2.24) is 0 Å². The first-order chi connectivity index (χ1) is 28.8. The number of furan rings is 1. The number of rotatable bonds is 6. The van der Waals surface area contributed by atoms with Crippen LogP contribution >= 0.6 is 22.7 Å². The van der Waals surface area contributed by atoms with Gasteiger partial charge >= 0.3 is 0 Å². The summed E-state index contributed by atoms with van der Waals surface area (Å²) in [5, 5.41) is 7.21. The monoisotopic (exact) mass is 775 g/mol. The molecule has 2 nitrogen and oxygen atoms in total. The number of hydrogen-bond donors (Lipinski definition) is 0. The Kier molecular flexibility index (Phi) is 7.62. The topological polar surface area (TPSA) is 16.4 Å². The first-order valence-corrected chi connectivity index (χ1v) is 21.2. The van der Waals surface area contributed by atoms with E-state index in [9.17, 15) is 0 Å². The molecule has 0 bridgehead atoms. The van der Waals surface area contributed by atoms with Crippen LogP contribution in [-0.4, -0.2) is 0 Å². The summed E-state index contributed by atoms with van der Waals surface area (Å²) in [6, 6.07) is 72.5. The predicted octanol–water partition coefficient (Wildman–Crippen LogP) is 16.8. The van der Waals surface area contributed by atoms with Gasteiger partial charge in [-0.15, -0.1) is 22.7 Å². The number of benzene rings is 9.